The van der Waals surface area contributed by atoms with Crippen LogP contribution in [0.5, 0.6) is 0 Å². The third-order valence-corrected chi connectivity index (χ3v) is 0.890. The molecule has 0 heterocycles. The topological polar surface area (TPSA) is 66.8 Å². The molecule has 0 aliphatic heterocycles. The van der Waals surface area contributed by atoms with E-state index in [9.17, 15) is 4.79 Å². The minimum Gasteiger partial charge on any atom is -0.490 e. The van der Waals surface area contributed by atoms with Gasteiger partial charge in [0.15, 0.2) is 5.76 Å². The van der Waals surface area contributed by atoms with E-state index in [4.69, 9.17) is 10.2 Å². The van der Waals surface area contributed by atoms with Crippen molar-refractivity contribution < 1.29 is 19.7 Å². The lowest BCUT2D eigenvalue weighted by molar-refractivity contribution is -0.136. The van der Waals surface area contributed by atoms with Gasteiger partial charge in [-0.05, 0) is 12.5 Å². The molecule has 58 valence electrons. The fraction of sp³-hybridized carbons (Fsp3) is 0.500. The van der Waals surface area contributed by atoms with Crippen molar-refractivity contribution in [3.8, 4) is 0 Å². The molecule has 0 aromatic rings. The second-order valence-electron chi connectivity index (χ2n) is 1.59. The SMILES string of the molecule is COC(=CCCO)C(=O)O. The summed E-state index contributed by atoms with van der Waals surface area (Å²) in [6, 6.07) is 0. The first-order valence-electron chi connectivity index (χ1n) is 2.80. The number of carboxylic acids is 1. The highest BCUT2D eigenvalue weighted by atomic mass is 16.5. The van der Waals surface area contributed by atoms with E-state index in [1.807, 2.05) is 0 Å². The molecule has 0 aromatic carbocycles. The van der Waals surface area contributed by atoms with Gasteiger partial charge >= 0.3 is 5.97 Å². The standard InChI is InChI=1S/C6H10O4/c1-10-5(6(8)9)3-2-4-7/h3,7H,2,4H2,1H3,(H,8,9). The minimum absolute atomic E-state index is 0.0693. The first-order chi connectivity index (χ1) is 4.72. The van der Waals surface area contributed by atoms with Crippen molar-refractivity contribution in [3.63, 3.8) is 0 Å². The first-order valence-corrected chi connectivity index (χ1v) is 2.80. The van der Waals surface area contributed by atoms with Crippen molar-refractivity contribution in [2.45, 2.75) is 6.42 Å². The number of aliphatic hydroxyl groups excluding tert-OH is 1. The average molecular weight is 146 g/mol. The summed E-state index contributed by atoms with van der Waals surface area (Å²) in [7, 11) is 1.28. The molecule has 0 saturated heterocycles. The highest BCUT2D eigenvalue weighted by molar-refractivity contribution is 5.84. The van der Waals surface area contributed by atoms with E-state index in [-0.39, 0.29) is 12.4 Å². The number of aliphatic carboxylic acids is 1. The first kappa shape index (κ1) is 8.97. The fourth-order valence-electron chi connectivity index (χ4n) is 0.454. The second-order valence-corrected chi connectivity index (χ2v) is 1.59. The van der Waals surface area contributed by atoms with Crippen LogP contribution in [0, 0.1) is 0 Å². The Morgan fingerprint density at radius 1 is 1.70 bits per heavy atom. The summed E-state index contributed by atoms with van der Waals surface area (Å²) in [6.45, 7) is -0.0693. The van der Waals surface area contributed by atoms with Gasteiger partial charge in [-0.3, -0.25) is 0 Å². The van der Waals surface area contributed by atoms with E-state index >= 15 is 0 Å². The number of hydrogen-bond donors (Lipinski definition) is 2. The van der Waals surface area contributed by atoms with E-state index in [0.29, 0.717) is 6.42 Å². The van der Waals surface area contributed by atoms with Gasteiger partial charge < -0.3 is 14.9 Å². The zero-order valence-corrected chi connectivity index (χ0v) is 5.70. The van der Waals surface area contributed by atoms with Gasteiger partial charge in [0.1, 0.15) is 0 Å². The highest BCUT2D eigenvalue weighted by Gasteiger charge is 2.03. The lowest BCUT2D eigenvalue weighted by Crippen LogP contribution is -2.02. The van der Waals surface area contributed by atoms with Crippen LogP contribution in [-0.2, 0) is 9.53 Å². The molecule has 0 radical (unpaired) electrons. The van der Waals surface area contributed by atoms with Gasteiger partial charge in [-0.15, -0.1) is 0 Å². The highest BCUT2D eigenvalue weighted by Crippen LogP contribution is 1.96. The molecule has 0 aliphatic rings. The number of rotatable bonds is 4. The molecule has 2 N–H and O–H groups in total. The van der Waals surface area contributed by atoms with E-state index in [2.05, 4.69) is 4.74 Å². The molecule has 0 rings (SSSR count). The van der Waals surface area contributed by atoms with Crippen LogP contribution in [0.25, 0.3) is 0 Å². The number of carbonyl (C=O) groups is 1. The molecule has 0 amide bonds. The van der Waals surface area contributed by atoms with Gasteiger partial charge in [0.25, 0.3) is 0 Å². The zero-order valence-electron chi connectivity index (χ0n) is 5.70. The number of methoxy groups -OCH3 is 1. The van der Waals surface area contributed by atoms with Gasteiger partial charge in [-0.2, -0.15) is 0 Å². The van der Waals surface area contributed by atoms with E-state index in [1.165, 1.54) is 13.2 Å². The summed E-state index contributed by atoms with van der Waals surface area (Å²) in [5, 5.41) is 16.6. The lowest BCUT2D eigenvalue weighted by atomic mass is 10.3. The lowest BCUT2D eigenvalue weighted by Gasteiger charge is -1.97. The smallest absolute Gasteiger partial charge is 0.370 e. The predicted octanol–water partition coefficient (Wildman–Crippen LogP) is -0.0163. The largest absolute Gasteiger partial charge is 0.490 e. The Bertz CT molecular complexity index is 139. The molecule has 10 heavy (non-hydrogen) atoms. The van der Waals surface area contributed by atoms with Gasteiger partial charge in [0.2, 0.25) is 0 Å². The molecule has 4 nitrogen and oxygen atoms in total. The molecular formula is C6H10O4. The van der Waals surface area contributed by atoms with Crippen LogP contribution in [0.2, 0.25) is 0 Å². The van der Waals surface area contributed by atoms with Crippen LogP contribution in [0.1, 0.15) is 6.42 Å². The number of carboxylic acid groups (broad SMARTS) is 1. The third-order valence-electron chi connectivity index (χ3n) is 0.890. The molecule has 0 unspecified atom stereocenters. The van der Waals surface area contributed by atoms with Crippen LogP contribution >= 0.6 is 0 Å². The van der Waals surface area contributed by atoms with Crippen molar-refractivity contribution >= 4 is 5.97 Å². The summed E-state index contributed by atoms with van der Waals surface area (Å²) < 4.78 is 4.46. The Morgan fingerprint density at radius 3 is 2.60 bits per heavy atom. The molecular weight excluding hydrogens is 136 g/mol. The third kappa shape index (κ3) is 3.09. The summed E-state index contributed by atoms with van der Waals surface area (Å²) in [5.74, 6) is -1.25. The summed E-state index contributed by atoms with van der Waals surface area (Å²) in [5.41, 5.74) is 0. The summed E-state index contributed by atoms with van der Waals surface area (Å²) in [6.07, 6.45) is 1.62. The second kappa shape index (κ2) is 4.81. The van der Waals surface area contributed by atoms with Gasteiger partial charge in [-0.25, -0.2) is 4.79 Å². The Hall–Kier alpha value is -1.03. The molecule has 0 bridgehead atoms. The fourth-order valence-corrected chi connectivity index (χ4v) is 0.454. The van der Waals surface area contributed by atoms with Crippen LogP contribution in [-0.4, -0.2) is 29.9 Å². The van der Waals surface area contributed by atoms with E-state index in [1.54, 1.807) is 0 Å². The van der Waals surface area contributed by atoms with E-state index < -0.39 is 5.97 Å². The Morgan fingerprint density at radius 2 is 2.30 bits per heavy atom. The maximum Gasteiger partial charge on any atom is 0.370 e. The van der Waals surface area contributed by atoms with E-state index in [0.717, 1.165) is 0 Å². The molecule has 4 heteroatoms. The number of hydrogen-bond acceptors (Lipinski definition) is 3. The molecule has 0 aliphatic carbocycles. The monoisotopic (exact) mass is 146 g/mol. The van der Waals surface area contributed by atoms with Gasteiger partial charge in [0.05, 0.1) is 7.11 Å². The van der Waals surface area contributed by atoms with Crippen molar-refractivity contribution in [2.75, 3.05) is 13.7 Å². The Labute approximate surface area is 58.7 Å². The molecule has 0 atom stereocenters. The van der Waals surface area contributed by atoms with Crippen molar-refractivity contribution in [2.24, 2.45) is 0 Å². The minimum atomic E-state index is -1.11. The maximum atomic E-state index is 10.2. The van der Waals surface area contributed by atoms with Crippen molar-refractivity contribution in [1.29, 1.82) is 0 Å². The van der Waals surface area contributed by atoms with Crippen molar-refractivity contribution in [3.05, 3.63) is 11.8 Å². The van der Waals surface area contributed by atoms with Crippen LogP contribution in [0.3, 0.4) is 0 Å². The zero-order chi connectivity index (χ0) is 7.98. The molecule has 0 fully saturated rings. The predicted molar refractivity (Wildman–Crippen MR) is 34.4 cm³/mol. The Balaban J connectivity index is 3.91. The summed E-state index contributed by atoms with van der Waals surface area (Å²) in [4.78, 5) is 10.2. The number of ether oxygens (including phenoxy) is 1. The van der Waals surface area contributed by atoms with Crippen LogP contribution in [0.4, 0.5) is 0 Å². The van der Waals surface area contributed by atoms with Crippen molar-refractivity contribution in [1.82, 2.24) is 0 Å². The maximum absolute atomic E-state index is 10.2. The molecule has 0 spiro atoms. The number of aliphatic hydroxyl groups is 1. The van der Waals surface area contributed by atoms with Gasteiger partial charge in [0, 0.05) is 6.61 Å². The van der Waals surface area contributed by atoms with Crippen LogP contribution in [0.15, 0.2) is 11.8 Å². The quantitative estimate of drug-likeness (QED) is 0.432. The Kier molecular flexibility index (Phi) is 4.32. The van der Waals surface area contributed by atoms with Crippen LogP contribution < -0.4 is 0 Å². The normalized spacial score (nSPS) is 11.2. The molecule has 0 saturated carbocycles. The average Bonchev–Trinajstić information content (AvgIpc) is 1.89. The molecule has 0 aromatic heterocycles. The summed E-state index contributed by atoms with van der Waals surface area (Å²) >= 11 is 0. The van der Waals surface area contributed by atoms with Gasteiger partial charge in [-0.1, -0.05) is 0 Å².